The summed E-state index contributed by atoms with van der Waals surface area (Å²) in [5.41, 5.74) is 3.82. The van der Waals surface area contributed by atoms with Crippen molar-refractivity contribution >= 4 is 43.2 Å². The van der Waals surface area contributed by atoms with Crippen molar-refractivity contribution in [3.8, 4) is 0 Å². The van der Waals surface area contributed by atoms with Crippen molar-refractivity contribution in [3.63, 3.8) is 0 Å². The van der Waals surface area contributed by atoms with Crippen molar-refractivity contribution in [2.45, 2.75) is 131 Å². The van der Waals surface area contributed by atoms with Crippen LogP contribution in [0.1, 0.15) is 90.7 Å². The van der Waals surface area contributed by atoms with Crippen molar-refractivity contribution in [3.05, 3.63) is 83.6 Å². The van der Waals surface area contributed by atoms with Crippen molar-refractivity contribution in [2.24, 2.45) is 0 Å². The number of amides is 1. The third-order valence-corrected chi connectivity index (χ3v) is 13.6. The van der Waals surface area contributed by atoms with Gasteiger partial charge in [0.25, 0.3) is 10.1 Å². The van der Waals surface area contributed by atoms with Gasteiger partial charge in [-0.15, -0.1) is 0 Å². The second kappa shape index (κ2) is 20.3. The van der Waals surface area contributed by atoms with E-state index in [0.29, 0.717) is 51.7 Å². The number of carbonyl (C=O) groups is 1. The fourth-order valence-electron chi connectivity index (χ4n) is 8.50. The van der Waals surface area contributed by atoms with Crippen molar-refractivity contribution in [1.82, 2.24) is 5.32 Å². The zero-order valence-corrected chi connectivity index (χ0v) is 37.6. The van der Waals surface area contributed by atoms with Gasteiger partial charge in [-0.1, -0.05) is 32.1 Å². The molecule has 1 fully saturated rings. The Morgan fingerprint density at radius 2 is 1.60 bits per heavy atom. The summed E-state index contributed by atoms with van der Waals surface area (Å²) in [6.45, 7) is 11.3. The quantitative estimate of drug-likeness (QED) is 0.0481. The molecule has 1 unspecified atom stereocenters. The molecule has 0 spiro atoms. The zero-order valence-electron chi connectivity index (χ0n) is 35.9. The van der Waals surface area contributed by atoms with Gasteiger partial charge in [-0.2, -0.15) is 13.0 Å². The van der Waals surface area contributed by atoms with E-state index >= 15 is 0 Å². The number of hydrogen-bond acceptors (Lipinski definition) is 13. The van der Waals surface area contributed by atoms with E-state index in [2.05, 4.69) is 14.8 Å². The molecule has 0 aromatic heterocycles. The molecule has 2 aromatic carbocycles. The Hall–Kier alpha value is -3.82. The topological polar surface area (TPSA) is 246 Å². The average molecular weight is 904 g/mol. The molecule has 0 saturated carbocycles. The van der Waals surface area contributed by atoms with E-state index in [1.165, 1.54) is 24.3 Å². The number of aliphatic hydroxyl groups is 4. The van der Waals surface area contributed by atoms with E-state index < -0.39 is 68.4 Å². The van der Waals surface area contributed by atoms with Crippen LogP contribution in [-0.4, -0.2) is 126 Å². The predicted molar refractivity (Wildman–Crippen MR) is 231 cm³/mol. The number of anilines is 1. The van der Waals surface area contributed by atoms with Crippen LogP contribution in [0.4, 0.5) is 11.4 Å². The lowest BCUT2D eigenvalue weighted by Gasteiger charge is -2.39. The van der Waals surface area contributed by atoms with Gasteiger partial charge >= 0.3 is 0 Å². The normalized spacial score (nSPS) is 24.1. The maximum absolute atomic E-state index is 12.6. The summed E-state index contributed by atoms with van der Waals surface area (Å²) in [6.07, 6.45) is 7.71. The summed E-state index contributed by atoms with van der Waals surface area (Å²) in [5, 5.41) is 42.4. The molecule has 0 aliphatic carbocycles. The molecule has 6 N–H and O–H groups in total. The van der Waals surface area contributed by atoms with Crippen LogP contribution >= 0.6 is 0 Å². The molecule has 5 atom stereocenters. The summed E-state index contributed by atoms with van der Waals surface area (Å²) < 4.78 is 82.1. The Morgan fingerprint density at radius 3 is 2.27 bits per heavy atom. The molecular formula is C44H61N3O13S2. The SMILES string of the molecule is CCN1/C(=C/C=C/C=C/C2=[N+](CCCCCC(=O)NCCCCCO[C@H]3[C@@H](O)[C@@H](CO)OC(O)[C@@H]3O)c3ccc(S(=O)(=O)O)cc3C2(C)C)C(C)(C)c2cc(S(=O)(=O)[O-])ccc21. The number of allylic oxidation sites excluding steroid dienone is 6. The minimum Gasteiger partial charge on any atom is -0.744 e. The van der Waals surface area contributed by atoms with Crippen LogP contribution in [0.3, 0.4) is 0 Å². The lowest BCUT2D eigenvalue weighted by molar-refractivity contribution is -0.438. The summed E-state index contributed by atoms with van der Waals surface area (Å²) in [7, 11) is -9.05. The van der Waals surface area contributed by atoms with Crippen LogP contribution in [0, 0.1) is 0 Å². The first kappa shape index (κ1) is 49.2. The number of aliphatic hydroxyl groups excluding tert-OH is 4. The van der Waals surface area contributed by atoms with Crippen LogP contribution < -0.4 is 10.2 Å². The van der Waals surface area contributed by atoms with Gasteiger partial charge in [-0.25, -0.2) is 8.42 Å². The second-order valence-corrected chi connectivity index (χ2v) is 19.7. The fraction of sp³-hybridized carbons (Fsp3) is 0.545. The van der Waals surface area contributed by atoms with Gasteiger partial charge in [-0.05, 0) is 94.8 Å². The highest BCUT2D eigenvalue weighted by atomic mass is 32.2. The smallest absolute Gasteiger partial charge is 0.294 e. The van der Waals surface area contributed by atoms with Gasteiger partial charge in [0.15, 0.2) is 12.0 Å². The number of unbranched alkanes of at least 4 members (excludes halogenated alkanes) is 4. The Morgan fingerprint density at radius 1 is 0.903 bits per heavy atom. The first-order valence-corrected chi connectivity index (χ1v) is 23.9. The van der Waals surface area contributed by atoms with Crippen LogP contribution in [0.2, 0.25) is 0 Å². The molecule has 62 heavy (non-hydrogen) atoms. The average Bonchev–Trinajstić information content (AvgIpc) is 3.56. The standard InChI is InChI=1S/C44H61N3O13S2/c1-6-46-33-21-19-29(61(53,54)55)26-31(33)43(2,3)36(46)16-10-7-11-17-37-44(4,5)32-27-30(62(56,57)58)20-22-34(32)47(37)24-14-8-12-18-38(49)45-23-13-9-15-25-59-41-39(50)35(28-48)60-42(52)40(41)51/h7,10-11,16-17,19-22,26-27,35,39-42,48,50-52H,6,8-9,12-15,18,23-25,28H2,1-5H3,(H2-,45,49,53,54,55,56,57,58)/t35-,39+,40-,41+,42?/m1/s1. The van der Waals surface area contributed by atoms with Gasteiger partial charge in [0.05, 0.1) is 21.8 Å². The molecule has 0 radical (unpaired) electrons. The number of fused-ring (bicyclic) bond motifs is 2. The number of benzene rings is 2. The molecule has 1 amide bonds. The van der Waals surface area contributed by atoms with Gasteiger partial charge < -0.3 is 44.7 Å². The highest BCUT2D eigenvalue weighted by Gasteiger charge is 2.46. The molecule has 0 bridgehead atoms. The van der Waals surface area contributed by atoms with E-state index in [4.69, 9.17) is 9.47 Å². The second-order valence-electron chi connectivity index (χ2n) is 16.9. The van der Waals surface area contributed by atoms with Crippen LogP contribution in [0.15, 0.2) is 82.3 Å². The third kappa shape index (κ3) is 11.1. The molecule has 3 heterocycles. The maximum Gasteiger partial charge on any atom is 0.294 e. The third-order valence-electron chi connectivity index (χ3n) is 11.9. The molecular weight excluding hydrogens is 843 g/mol. The molecule has 16 nitrogen and oxygen atoms in total. The molecule has 342 valence electrons. The highest BCUT2D eigenvalue weighted by molar-refractivity contribution is 7.86. The van der Waals surface area contributed by atoms with Crippen molar-refractivity contribution < 1.29 is 65.2 Å². The molecule has 5 rings (SSSR count). The van der Waals surface area contributed by atoms with Gasteiger partial charge in [0.1, 0.15) is 41.1 Å². The van der Waals surface area contributed by atoms with Gasteiger partial charge in [-0.3, -0.25) is 9.35 Å². The van der Waals surface area contributed by atoms with Crippen molar-refractivity contribution in [2.75, 3.05) is 37.7 Å². The summed E-state index contributed by atoms with van der Waals surface area (Å²) >= 11 is 0. The molecule has 1 saturated heterocycles. The highest BCUT2D eigenvalue weighted by Crippen LogP contribution is 2.48. The Labute approximate surface area is 364 Å². The fourth-order valence-corrected chi connectivity index (χ4v) is 9.50. The first-order valence-electron chi connectivity index (χ1n) is 21.0. The zero-order chi connectivity index (χ0) is 45.6. The van der Waals surface area contributed by atoms with E-state index in [9.17, 15) is 51.2 Å². The molecule has 3 aliphatic rings. The lowest BCUT2D eigenvalue weighted by Crippen LogP contribution is -2.59. The van der Waals surface area contributed by atoms with Gasteiger partial charge in [0.2, 0.25) is 11.6 Å². The number of carbonyl (C=O) groups excluding carboxylic acids is 1. The molecule has 18 heteroatoms. The maximum atomic E-state index is 12.6. The number of nitrogens with one attached hydrogen (secondary N) is 1. The van der Waals surface area contributed by atoms with E-state index in [-0.39, 0.29) is 22.3 Å². The minimum atomic E-state index is -4.62. The van der Waals surface area contributed by atoms with Crippen LogP contribution in [0.5, 0.6) is 0 Å². The predicted octanol–water partition coefficient (Wildman–Crippen LogP) is 3.69. The molecule has 2 aromatic rings. The van der Waals surface area contributed by atoms with E-state index in [0.717, 1.165) is 46.8 Å². The first-order chi connectivity index (χ1) is 29.1. The van der Waals surface area contributed by atoms with Crippen molar-refractivity contribution in [1.29, 1.82) is 0 Å². The van der Waals surface area contributed by atoms with E-state index in [1.807, 2.05) is 65.0 Å². The largest absolute Gasteiger partial charge is 0.744 e. The lowest BCUT2D eigenvalue weighted by atomic mass is 9.81. The molecule has 3 aliphatic heterocycles. The van der Waals surface area contributed by atoms with E-state index in [1.54, 1.807) is 12.1 Å². The Kier molecular flexibility index (Phi) is 16.1. The number of likely N-dealkylation sites (N-methyl/N-ethyl adjacent to an activating group) is 1. The van der Waals surface area contributed by atoms with Crippen LogP contribution in [-0.2, 0) is 45.3 Å². The number of rotatable bonds is 20. The number of nitrogens with zero attached hydrogens (tertiary/aromatic N) is 2. The number of hydrogen-bond donors (Lipinski definition) is 6. The minimum absolute atomic E-state index is 0.0619. The van der Waals surface area contributed by atoms with Crippen LogP contribution in [0.25, 0.3) is 0 Å². The summed E-state index contributed by atoms with van der Waals surface area (Å²) in [6, 6.07) is 9.08. The Bertz CT molecular complexity index is 2290. The van der Waals surface area contributed by atoms with Gasteiger partial charge in [0, 0.05) is 67.0 Å². The number of ether oxygens (including phenoxy) is 2. The Balaban J connectivity index is 1.16. The monoisotopic (exact) mass is 903 g/mol. The summed E-state index contributed by atoms with van der Waals surface area (Å²) in [4.78, 5) is 14.2. The summed E-state index contributed by atoms with van der Waals surface area (Å²) in [5.74, 6) is -0.0619.